The van der Waals surface area contributed by atoms with Gasteiger partial charge in [0.05, 0.1) is 6.61 Å². The predicted octanol–water partition coefficient (Wildman–Crippen LogP) is 3.38. The summed E-state index contributed by atoms with van der Waals surface area (Å²) in [7, 11) is 0. The molecule has 0 aliphatic carbocycles. The molecule has 5 nitrogen and oxygen atoms in total. The number of rotatable bonds is 9. The third-order valence-corrected chi connectivity index (χ3v) is 3.75. The van der Waals surface area contributed by atoms with Gasteiger partial charge in [0.25, 0.3) is 5.91 Å². The molecule has 1 N–H and O–H groups in total. The fraction of sp³-hybridized carbons (Fsp3) is 0.333. The summed E-state index contributed by atoms with van der Waals surface area (Å²) in [5.74, 6) is -0.00995. The molecule has 5 heteroatoms. The van der Waals surface area contributed by atoms with Crippen LogP contribution < -0.4 is 10.1 Å². The third-order valence-electron chi connectivity index (χ3n) is 3.75. The van der Waals surface area contributed by atoms with Crippen LogP contribution in [0.3, 0.4) is 0 Å². The van der Waals surface area contributed by atoms with E-state index in [0.717, 1.165) is 12.8 Å². The second kappa shape index (κ2) is 10.2. The van der Waals surface area contributed by atoms with Gasteiger partial charge >= 0.3 is 5.97 Å². The number of amides is 1. The predicted molar refractivity (Wildman–Crippen MR) is 100 cm³/mol. The molecular weight excluding hydrogens is 330 g/mol. The van der Waals surface area contributed by atoms with Crippen molar-refractivity contribution in [3.63, 3.8) is 0 Å². The highest BCUT2D eigenvalue weighted by atomic mass is 16.6. The Kier molecular flexibility index (Phi) is 7.68. The molecule has 1 unspecified atom stereocenters. The van der Waals surface area contributed by atoms with Crippen molar-refractivity contribution < 1.29 is 19.1 Å². The maximum Gasteiger partial charge on any atom is 0.347 e. The zero-order valence-corrected chi connectivity index (χ0v) is 15.2. The van der Waals surface area contributed by atoms with Gasteiger partial charge in [-0.05, 0) is 49.6 Å². The summed E-state index contributed by atoms with van der Waals surface area (Å²) in [4.78, 5) is 23.9. The Morgan fingerprint density at radius 3 is 2.38 bits per heavy atom. The Morgan fingerprint density at radius 2 is 1.73 bits per heavy atom. The zero-order valence-electron chi connectivity index (χ0n) is 15.2. The molecule has 138 valence electrons. The molecule has 0 heterocycles. The van der Waals surface area contributed by atoms with Crippen LogP contribution in [0.4, 0.5) is 0 Å². The lowest BCUT2D eigenvalue weighted by Crippen LogP contribution is -2.27. The van der Waals surface area contributed by atoms with Gasteiger partial charge in [0, 0.05) is 12.1 Å². The van der Waals surface area contributed by atoms with E-state index in [0.29, 0.717) is 24.5 Å². The van der Waals surface area contributed by atoms with Crippen LogP contribution >= 0.6 is 0 Å². The van der Waals surface area contributed by atoms with Crippen LogP contribution in [0.1, 0.15) is 36.2 Å². The molecule has 2 aromatic carbocycles. The van der Waals surface area contributed by atoms with Crippen molar-refractivity contribution in [2.24, 2.45) is 0 Å². The van der Waals surface area contributed by atoms with Gasteiger partial charge in [-0.1, -0.05) is 37.3 Å². The number of carbonyl (C=O) groups excluding carboxylic acids is 2. The summed E-state index contributed by atoms with van der Waals surface area (Å²) >= 11 is 0. The van der Waals surface area contributed by atoms with Gasteiger partial charge in [-0.25, -0.2) is 4.79 Å². The minimum absolute atomic E-state index is 0.136. The second-order valence-electron chi connectivity index (χ2n) is 5.94. The molecule has 26 heavy (non-hydrogen) atoms. The normalized spacial score (nSPS) is 11.5. The summed E-state index contributed by atoms with van der Waals surface area (Å²) in [5, 5.41) is 2.90. The third kappa shape index (κ3) is 6.24. The van der Waals surface area contributed by atoms with E-state index in [9.17, 15) is 9.59 Å². The largest absolute Gasteiger partial charge is 0.479 e. The van der Waals surface area contributed by atoms with Crippen LogP contribution in [-0.2, 0) is 16.0 Å². The van der Waals surface area contributed by atoms with Crippen LogP contribution in [-0.4, -0.2) is 31.1 Å². The molecule has 0 fully saturated rings. The smallest absolute Gasteiger partial charge is 0.347 e. The monoisotopic (exact) mass is 355 g/mol. The molecule has 2 aromatic rings. The lowest BCUT2D eigenvalue weighted by molar-refractivity contribution is -0.151. The van der Waals surface area contributed by atoms with Crippen molar-refractivity contribution in [2.45, 2.75) is 32.8 Å². The Hall–Kier alpha value is -2.82. The Balaban J connectivity index is 1.80. The van der Waals surface area contributed by atoms with E-state index in [1.165, 1.54) is 5.56 Å². The second-order valence-corrected chi connectivity index (χ2v) is 5.94. The highest BCUT2D eigenvalue weighted by molar-refractivity contribution is 5.94. The first-order valence-corrected chi connectivity index (χ1v) is 8.85. The molecule has 0 aromatic heterocycles. The lowest BCUT2D eigenvalue weighted by Gasteiger charge is -2.14. The van der Waals surface area contributed by atoms with Crippen LogP contribution in [0.2, 0.25) is 0 Å². The first-order valence-electron chi connectivity index (χ1n) is 8.85. The van der Waals surface area contributed by atoms with Gasteiger partial charge in [-0.15, -0.1) is 0 Å². The molecule has 0 saturated carbocycles. The molecule has 0 saturated heterocycles. The van der Waals surface area contributed by atoms with Crippen molar-refractivity contribution in [1.82, 2.24) is 5.32 Å². The van der Waals surface area contributed by atoms with Crippen molar-refractivity contribution >= 4 is 11.9 Å². The summed E-state index contributed by atoms with van der Waals surface area (Å²) in [6.07, 6.45) is 0.865. The lowest BCUT2D eigenvalue weighted by atomic mass is 10.1. The van der Waals surface area contributed by atoms with Gasteiger partial charge in [0.15, 0.2) is 6.10 Å². The summed E-state index contributed by atoms with van der Waals surface area (Å²) < 4.78 is 10.6. The molecule has 1 amide bonds. The molecule has 0 spiro atoms. The summed E-state index contributed by atoms with van der Waals surface area (Å²) in [5.41, 5.74) is 1.73. The number of hydrogen-bond donors (Lipinski definition) is 1. The highest BCUT2D eigenvalue weighted by Gasteiger charge is 2.16. The van der Waals surface area contributed by atoms with E-state index in [1.807, 2.05) is 37.3 Å². The number of esters is 1. The SMILES string of the molecule is CCCOC(=O)C(C)Oc1ccc(C(=O)NCCc2ccccc2)cc1. The molecule has 2 rings (SSSR count). The van der Waals surface area contributed by atoms with Gasteiger partial charge < -0.3 is 14.8 Å². The van der Waals surface area contributed by atoms with E-state index in [4.69, 9.17) is 9.47 Å². The zero-order chi connectivity index (χ0) is 18.8. The maximum atomic E-state index is 12.2. The average molecular weight is 355 g/mol. The first-order chi connectivity index (χ1) is 12.6. The van der Waals surface area contributed by atoms with E-state index in [1.54, 1.807) is 31.2 Å². The maximum absolute atomic E-state index is 12.2. The van der Waals surface area contributed by atoms with Gasteiger partial charge in [0.2, 0.25) is 0 Å². The Morgan fingerprint density at radius 1 is 1.04 bits per heavy atom. The van der Waals surface area contributed by atoms with E-state index in [2.05, 4.69) is 5.32 Å². The molecule has 0 bridgehead atoms. The average Bonchev–Trinajstić information content (AvgIpc) is 2.67. The fourth-order valence-electron chi connectivity index (χ4n) is 2.32. The van der Waals surface area contributed by atoms with Gasteiger partial charge in [-0.3, -0.25) is 4.79 Å². The van der Waals surface area contributed by atoms with Gasteiger partial charge in [0.1, 0.15) is 5.75 Å². The molecule has 0 radical (unpaired) electrons. The molecular formula is C21H25NO4. The topological polar surface area (TPSA) is 64.6 Å². The first kappa shape index (κ1) is 19.5. The minimum Gasteiger partial charge on any atom is -0.479 e. The Labute approximate surface area is 154 Å². The minimum atomic E-state index is -0.688. The number of benzene rings is 2. The van der Waals surface area contributed by atoms with Gasteiger partial charge in [-0.2, -0.15) is 0 Å². The fourth-order valence-corrected chi connectivity index (χ4v) is 2.32. The van der Waals surface area contributed by atoms with E-state index in [-0.39, 0.29) is 5.91 Å². The van der Waals surface area contributed by atoms with Crippen molar-refractivity contribution in [2.75, 3.05) is 13.2 Å². The van der Waals surface area contributed by atoms with Crippen molar-refractivity contribution in [3.05, 3.63) is 65.7 Å². The number of nitrogens with one attached hydrogen (secondary N) is 1. The van der Waals surface area contributed by atoms with E-state index < -0.39 is 12.1 Å². The number of carbonyl (C=O) groups is 2. The van der Waals surface area contributed by atoms with Crippen LogP contribution in [0.15, 0.2) is 54.6 Å². The molecule has 1 atom stereocenters. The van der Waals surface area contributed by atoms with E-state index >= 15 is 0 Å². The van der Waals surface area contributed by atoms with Crippen molar-refractivity contribution in [1.29, 1.82) is 0 Å². The van der Waals surface area contributed by atoms with Crippen molar-refractivity contribution in [3.8, 4) is 5.75 Å². The highest BCUT2D eigenvalue weighted by Crippen LogP contribution is 2.14. The van der Waals surface area contributed by atoms with Crippen LogP contribution in [0.5, 0.6) is 5.75 Å². The quantitative estimate of drug-likeness (QED) is 0.701. The standard InChI is InChI=1S/C21H25NO4/c1-3-15-25-21(24)16(2)26-19-11-9-18(10-12-19)20(23)22-14-13-17-7-5-4-6-8-17/h4-12,16H,3,13-15H2,1-2H3,(H,22,23). The molecule has 0 aliphatic rings. The summed E-state index contributed by atoms with van der Waals surface area (Å²) in [6.45, 7) is 4.53. The molecule has 0 aliphatic heterocycles. The van der Waals surface area contributed by atoms with Crippen LogP contribution in [0, 0.1) is 0 Å². The van der Waals surface area contributed by atoms with Crippen LogP contribution in [0.25, 0.3) is 0 Å². The summed E-state index contributed by atoms with van der Waals surface area (Å²) in [6, 6.07) is 16.7. The number of hydrogen-bond acceptors (Lipinski definition) is 4. The Bertz CT molecular complexity index is 698. The number of ether oxygens (including phenoxy) is 2.